The number of aryl methyl sites for hydroxylation is 1. The highest BCUT2D eigenvalue weighted by Crippen LogP contribution is 2.24. The molecule has 1 heterocycles. The fourth-order valence-corrected chi connectivity index (χ4v) is 1.66. The lowest BCUT2D eigenvalue weighted by atomic mass is 10.2. The summed E-state index contributed by atoms with van der Waals surface area (Å²) in [6, 6.07) is 11.4. The van der Waals surface area contributed by atoms with Gasteiger partial charge in [0.05, 0.1) is 0 Å². The Morgan fingerprint density at radius 3 is 2.50 bits per heavy atom. The predicted octanol–water partition coefficient (Wildman–Crippen LogP) is 3.52. The van der Waals surface area contributed by atoms with Crippen molar-refractivity contribution in [3.63, 3.8) is 0 Å². The van der Waals surface area contributed by atoms with Gasteiger partial charge >= 0.3 is 0 Å². The molecule has 0 amide bonds. The van der Waals surface area contributed by atoms with E-state index >= 15 is 0 Å². The van der Waals surface area contributed by atoms with Crippen molar-refractivity contribution in [2.75, 3.05) is 6.61 Å². The lowest BCUT2D eigenvalue weighted by Gasteiger charge is -1.97. The molecule has 0 unspecified atom stereocenters. The van der Waals surface area contributed by atoms with Crippen LogP contribution in [-0.2, 0) is 6.42 Å². The van der Waals surface area contributed by atoms with E-state index in [4.69, 9.17) is 21.1 Å². The maximum Gasteiger partial charge on any atom is 0.134 e. The molecule has 16 heavy (non-hydrogen) atoms. The molecular formula is C13H13ClO2. The second-order valence-corrected chi connectivity index (χ2v) is 4.04. The summed E-state index contributed by atoms with van der Waals surface area (Å²) in [6.07, 6.45) is 1.50. The van der Waals surface area contributed by atoms with Crippen LogP contribution in [-0.4, -0.2) is 11.7 Å². The van der Waals surface area contributed by atoms with E-state index in [-0.39, 0.29) is 6.61 Å². The Morgan fingerprint density at radius 1 is 1.06 bits per heavy atom. The van der Waals surface area contributed by atoms with E-state index in [2.05, 4.69) is 0 Å². The molecular weight excluding hydrogens is 224 g/mol. The zero-order chi connectivity index (χ0) is 11.4. The molecule has 1 aromatic carbocycles. The lowest BCUT2D eigenvalue weighted by Crippen LogP contribution is -1.86. The standard InChI is InChI=1S/C13H13ClO2/c14-11-5-3-10(4-6-11)13-8-7-12(16-13)2-1-9-15/h3-8,15H,1-2,9H2. The number of furan rings is 1. The minimum absolute atomic E-state index is 0.191. The summed E-state index contributed by atoms with van der Waals surface area (Å²) < 4.78 is 5.66. The molecule has 0 spiro atoms. The topological polar surface area (TPSA) is 33.4 Å². The van der Waals surface area contributed by atoms with Crippen LogP contribution in [0, 0.1) is 0 Å². The first-order chi connectivity index (χ1) is 7.79. The number of hydrogen-bond donors (Lipinski definition) is 1. The molecule has 2 aromatic rings. The van der Waals surface area contributed by atoms with Gasteiger partial charge in [0, 0.05) is 23.6 Å². The summed E-state index contributed by atoms with van der Waals surface area (Å²) in [5.41, 5.74) is 1.01. The molecule has 2 rings (SSSR count). The highest BCUT2D eigenvalue weighted by Gasteiger charge is 2.04. The van der Waals surface area contributed by atoms with E-state index in [1.807, 2.05) is 36.4 Å². The zero-order valence-electron chi connectivity index (χ0n) is 8.82. The summed E-state index contributed by atoms with van der Waals surface area (Å²) in [5, 5.41) is 9.44. The highest BCUT2D eigenvalue weighted by atomic mass is 35.5. The van der Waals surface area contributed by atoms with Gasteiger partial charge < -0.3 is 9.52 Å². The monoisotopic (exact) mass is 236 g/mol. The number of rotatable bonds is 4. The molecule has 0 aliphatic carbocycles. The van der Waals surface area contributed by atoms with Crippen LogP contribution in [0.15, 0.2) is 40.8 Å². The fourth-order valence-electron chi connectivity index (χ4n) is 1.53. The maximum absolute atomic E-state index is 8.73. The Bertz CT molecular complexity index is 445. The third-order valence-corrected chi connectivity index (χ3v) is 2.62. The molecule has 0 fully saturated rings. The van der Waals surface area contributed by atoms with Crippen LogP contribution >= 0.6 is 11.6 Å². The Morgan fingerprint density at radius 2 is 1.81 bits per heavy atom. The van der Waals surface area contributed by atoms with Crippen molar-refractivity contribution in [2.45, 2.75) is 12.8 Å². The average molecular weight is 237 g/mol. The molecule has 1 N–H and O–H groups in total. The molecule has 84 valence electrons. The number of aliphatic hydroxyl groups is 1. The number of hydrogen-bond acceptors (Lipinski definition) is 2. The quantitative estimate of drug-likeness (QED) is 0.881. The molecule has 0 aliphatic rings. The molecule has 2 nitrogen and oxygen atoms in total. The Labute approximate surface area is 99.5 Å². The Balaban J connectivity index is 2.15. The van der Waals surface area contributed by atoms with Crippen molar-refractivity contribution in [1.29, 1.82) is 0 Å². The molecule has 0 radical (unpaired) electrons. The minimum Gasteiger partial charge on any atom is -0.461 e. The number of benzene rings is 1. The third kappa shape index (κ3) is 2.65. The van der Waals surface area contributed by atoms with Crippen molar-refractivity contribution >= 4 is 11.6 Å². The molecule has 0 saturated carbocycles. The van der Waals surface area contributed by atoms with E-state index in [0.29, 0.717) is 0 Å². The van der Waals surface area contributed by atoms with Gasteiger partial charge in [0.2, 0.25) is 0 Å². The lowest BCUT2D eigenvalue weighted by molar-refractivity contribution is 0.284. The van der Waals surface area contributed by atoms with E-state index in [9.17, 15) is 0 Å². The molecule has 1 aromatic heterocycles. The van der Waals surface area contributed by atoms with Gasteiger partial charge in [-0.25, -0.2) is 0 Å². The summed E-state index contributed by atoms with van der Waals surface area (Å²) in [7, 11) is 0. The molecule has 0 saturated heterocycles. The smallest absolute Gasteiger partial charge is 0.134 e. The molecule has 0 bridgehead atoms. The molecule has 0 atom stereocenters. The SMILES string of the molecule is OCCCc1ccc(-c2ccc(Cl)cc2)o1. The Kier molecular flexibility index (Phi) is 3.65. The van der Waals surface area contributed by atoms with E-state index in [1.54, 1.807) is 0 Å². The van der Waals surface area contributed by atoms with Gasteiger partial charge in [-0.2, -0.15) is 0 Å². The number of aliphatic hydroxyl groups excluding tert-OH is 1. The second-order valence-electron chi connectivity index (χ2n) is 3.60. The van der Waals surface area contributed by atoms with Crippen molar-refractivity contribution in [2.24, 2.45) is 0 Å². The average Bonchev–Trinajstić information content (AvgIpc) is 2.76. The van der Waals surface area contributed by atoms with Crippen molar-refractivity contribution < 1.29 is 9.52 Å². The Hall–Kier alpha value is -1.25. The maximum atomic E-state index is 8.73. The van der Waals surface area contributed by atoms with Gasteiger partial charge in [0.1, 0.15) is 11.5 Å². The van der Waals surface area contributed by atoms with Crippen LogP contribution < -0.4 is 0 Å². The second kappa shape index (κ2) is 5.19. The van der Waals surface area contributed by atoms with Gasteiger partial charge in [-0.15, -0.1) is 0 Å². The van der Waals surface area contributed by atoms with Gasteiger partial charge in [-0.1, -0.05) is 11.6 Å². The van der Waals surface area contributed by atoms with Crippen molar-refractivity contribution in [3.05, 3.63) is 47.2 Å². The summed E-state index contributed by atoms with van der Waals surface area (Å²) in [4.78, 5) is 0. The van der Waals surface area contributed by atoms with E-state index in [1.165, 1.54) is 0 Å². The van der Waals surface area contributed by atoms with Crippen LogP contribution in [0.5, 0.6) is 0 Å². The van der Waals surface area contributed by atoms with E-state index in [0.717, 1.165) is 34.9 Å². The van der Waals surface area contributed by atoms with Gasteiger partial charge in [-0.05, 0) is 42.8 Å². The van der Waals surface area contributed by atoms with Crippen LogP contribution in [0.25, 0.3) is 11.3 Å². The van der Waals surface area contributed by atoms with Gasteiger partial charge in [0.25, 0.3) is 0 Å². The highest BCUT2D eigenvalue weighted by molar-refractivity contribution is 6.30. The van der Waals surface area contributed by atoms with Crippen LogP contribution in [0.1, 0.15) is 12.2 Å². The van der Waals surface area contributed by atoms with Crippen molar-refractivity contribution in [1.82, 2.24) is 0 Å². The van der Waals surface area contributed by atoms with Crippen LogP contribution in [0.4, 0.5) is 0 Å². The summed E-state index contributed by atoms with van der Waals surface area (Å²) in [5.74, 6) is 1.74. The first-order valence-electron chi connectivity index (χ1n) is 5.25. The van der Waals surface area contributed by atoms with Gasteiger partial charge in [-0.3, -0.25) is 0 Å². The van der Waals surface area contributed by atoms with Crippen LogP contribution in [0.2, 0.25) is 5.02 Å². The van der Waals surface area contributed by atoms with Crippen molar-refractivity contribution in [3.8, 4) is 11.3 Å². The number of halogens is 1. The summed E-state index contributed by atoms with van der Waals surface area (Å²) in [6.45, 7) is 0.191. The minimum atomic E-state index is 0.191. The predicted molar refractivity (Wildman–Crippen MR) is 64.6 cm³/mol. The molecule has 3 heteroatoms. The van der Waals surface area contributed by atoms with Crippen LogP contribution in [0.3, 0.4) is 0 Å². The summed E-state index contributed by atoms with van der Waals surface area (Å²) >= 11 is 5.81. The zero-order valence-corrected chi connectivity index (χ0v) is 9.57. The van der Waals surface area contributed by atoms with E-state index < -0.39 is 0 Å². The normalized spacial score (nSPS) is 10.6. The third-order valence-electron chi connectivity index (χ3n) is 2.37. The first-order valence-corrected chi connectivity index (χ1v) is 5.63. The fraction of sp³-hybridized carbons (Fsp3) is 0.231. The molecule has 0 aliphatic heterocycles. The largest absolute Gasteiger partial charge is 0.461 e. The van der Waals surface area contributed by atoms with Gasteiger partial charge in [0.15, 0.2) is 0 Å². The first kappa shape index (κ1) is 11.2.